The maximum Gasteiger partial charge on any atom is 0.284 e. The lowest BCUT2D eigenvalue weighted by atomic mass is 10.1. The summed E-state index contributed by atoms with van der Waals surface area (Å²) in [4.78, 5) is 4.52. The zero-order valence-electron chi connectivity index (χ0n) is 18.1. The minimum Gasteiger partial charge on any atom is -0.492 e. The second-order valence-electron chi connectivity index (χ2n) is 7.44. The summed E-state index contributed by atoms with van der Waals surface area (Å²) < 4.78 is 36.1. The first kappa shape index (κ1) is 21.9. The van der Waals surface area contributed by atoms with E-state index < -0.39 is 10.0 Å². The van der Waals surface area contributed by atoms with Crippen molar-refractivity contribution in [1.29, 1.82) is 0 Å². The third kappa shape index (κ3) is 4.94. The van der Waals surface area contributed by atoms with Crippen LogP contribution in [-0.4, -0.2) is 51.9 Å². The van der Waals surface area contributed by atoms with Gasteiger partial charge in [-0.3, -0.25) is 0 Å². The summed E-state index contributed by atoms with van der Waals surface area (Å²) in [6, 6.07) is 25.9. The van der Waals surface area contributed by atoms with Gasteiger partial charge >= 0.3 is 0 Å². The van der Waals surface area contributed by atoms with Crippen LogP contribution in [0.5, 0.6) is 5.75 Å². The van der Waals surface area contributed by atoms with Crippen molar-refractivity contribution in [2.45, 2.75) is 11.8 Å². The van der Waals surface area contributed by atoms with Crippen LogP contribution in [-0.2, 0) is 10.0 Å². The Morgan fingerprint density at radius 2 is 1.44 bits per heavy atom. The van der Waals surface area contributed by atoms with Crippen molar-refractivity contribution < 1.29 is 13.2 Å². The third-order valence-corrected chi connectivity index (χ3v) is 6.65. The number of hydrogen-bond donors (Lipinski definition) is 0. The highest BCUT2D eigenvalue weighted by Crippen LogP contribution is 2.29. The highest BCUT2D eigenvalue weighted by Gasteiger charge is 2.25. The number of hydrogen-bond acceptors (Lipinski definition) is 4. The molecule has 1 saturated heterocycles. The quantitative estimate of drug-likeness (QED) is 0.420. The lowest BCUT2D eigenvalue weighted by molar-refractivity contribution is 0.336. The summed E-state index contributed by atoms with van der Waals surface area (Å²) in [5.41, 5.74) is 1.85. The number of rotatable bonds is 6. The topological polar surface area (TPSA) is 62.2 Å². The Balaban J connectivity index is 1.61. The molecule has 4 rings (SSSR count). The van der Waals surface area contributed by atoms with Crippen molar-refractivity contribution >= 4 is 21.5 Å². The van der Waals surface area contributed by atoms with Gasteiger partial charge < -0.3 is 14.5 Å². The Bertz CT molecular complexity index is 1160. The van der Waals surface area contributed by atoms with Crippen LogP contribution in [0.3, 0.4) is 0 Å². The van der Waals surface area contributed by atoms with Crippen molar-refractivity contribution in [2.75, 3.05) is 37.7 Å². The van der Waals surface area contributed by atoms with E-state index in [-0.39, 0.29) is 4.90 Å². The normalized spacial score (nSPS) is 15.0. The average molecular weight is 450 g/mol. The van der Waals surface area contributed by atoms with E-state index in [4.69, 9.17) is 4.74 Å². The fourth-order valence-electron chi connectivity index (χ4n) is 3.79. The molecule has 1 aliphatic rings. The van der Waals surface area contributed by atoms with Gasteiger partial charge in [0.05, 0.1) is 17.2 Å². The molecule has 7 heteroatoms. The molecule has 0 aromatic heterocycles. The molecular formula is C25H27N3O3S. The van der Waals surface area contributed by atoms with E-state index in [9.17, 15) is 8.42 Å². The summed E-state index contributed by atoms with van der Waals surface area (Å²) in [5, 5.41) is 0. The van der Waals surface area contributed by atoms with Crippen molar-refractivity contribution in [3.8, 4) is 5.75 Å². The van der Waals surface area contributed by atoms with Crippen molar-refractivity contribution in [2.24, 2.45) is 4.40 Å². The second-order valence-corrected chi connectivity index (χ2v) is 9.05. The fraction of sp³-hybridized carbons (Fsp3) is 0.240. The van der Waals surface area contributed by atoms with E-state index in [1.807, 2.05) is 55.5 Å². The van der Waals surface area contributed by atoms with Crippen LogP contribution in [0.4, 0.5) is 5.69 Å². The predicted octanol–water partition coefficient (Wildman–Crippen LogP) is 4.04. The molecule has 1 heterocycles. The molecule has 1 fully saturated rings. The van der Waals surface area contributed by atoms with E-state index in [1.165, 1.54) is 0 Å². The summed E-state index contributed by atoms with van der Waals surface area (Å²) in [7, 11) is -3.82. The summed E-state index contributed by atoms with van der Waals surface area (Å²) in [5.74, 6) is 1.35. The molecule has 0 saturated carbocycles. The van der Waals surface area contributed by atoms with Gasteiger partial charge in [-0.15, -0.1) is 4.40 Å². The molecule has 0 unspecified atom stereocenters. The standard InChI is InChI=1S/C25H27N3O3S/c1-2-31-24-16-10-9-15-23(24)27-17-19-28(20-18-27)25(21-11-5-3-6-12-21)26-32(29,30)22-13-7-4-8-14-22/h3-16H,2,17-20H2,1H3/b26-25-. The average Bonchev–Trinajstić information content (AvgIpc) is 2.84. The molecule has 3 aromatic rings. The lowest BCUT2D eigenvalue weighted by Crippen LogP contribution is -2.49. The van der Waals surface area contributed by atoms with Gasteiger partial charge in [0.2, 0.25) is 0 Å². The first-order chi connectivity index (χ1) is 15.6. The molecule has 0 spiro atoms. The van der Waals surface area contributed by atoms with Gasteiger partial charge in [-0.25, -0.2) is 0 Å². The summed E-state index contributed by atoms with van der Waals surface area (Å²) in [6.45, 7) is 5.36. The van der Waals surface area contributed by atoms with Crippen LogP contribution in [0.15, 0.2) is 94.2 Å². The van der Waals surface area contributed by atoms with Crippen molar-refractivity contribution in [3.63, 3.8) is 0 Å². The Morgan fingerprint density at radius 1 is 0.844 bits per heavy atom. The number of benzene rings is 3. The van der Waals surface area contributed by atoms with E-state index >= 15 is 0 Å². The minimum atomic E-state index is -3.82. The van der Waals surface area contributed by atoms with Crippen LogP contribution >= 0.6 is 0 Å². The first-order valence-electron chi connectivity index (χ1n) is 10.8. The molecule has 0 aliphatic carbocycles. The Labute approximate surface area is 189 Å². The highest BCUT2D eigenvalue weighted by atomic mass is 32.2. The number of sulfonamides is 1. The second kappa shape index (κ2) is 9.87. The number of ether oxygens (including phenoxy) is 1. The minimum absolute atomic E-state index is 0.192. The van der Waals surface area contributed by atoms with Crippen LogP contribution in [0.2, 0.25) is 0 Å². The fourth-order valence-corrected chi connectivity index (χ4v) is 4.85. The van der Waals surface area contributed by atoms with Crippen LogP contribution < -0.4 is 9.64 Å². The Hall–Kier alpha value is -3.32. The van der Waals surface area contributed by atoms with Gasteiger partial charge in [0, 0.05) is 31.7 Å². The van der Waals surface area contributed by atoms with Crippen LogP contribution in [0, 0.1) is 0 Å². The summed E-state index contributed by atoms with van der Waals surface area (Å²) in [6.07, 6.45) is 0. The molecule has 166 valence electrons. The monoisotopic (exact) mass is 449 g/mol. The molecule has 32 heavy (non-hydrogen) atoms. The van der Waals surface area contributed by atoms with E-state index in [0.29, 0.717) is 25.5 Å². The van der Waals surface area contributed by atoms with Crippen molar-refractivity contribution in [3.05, 3.63) is 90.5 Å². The lowest BCUT2D eigenvalue weighted by Gasteiger charge is -2.38. The zero-order valence-corrected chi connectivity index (χ0v) is 18.9. The van der Waals surface area contributed by atoms with E-state index in [1.54, 1.807) is 30.3 Å². The number of anilines is 1. The van der Waals surface area contributed by atoms with E-state index in [0.717, 1.165) is 30.1 Å². The number of piperazine rings is 1. The SMILES string of the molecule is CCOc1ccccc1N1CCN(/C(=N\S(=O)(=O)c2ccccc2)c2ccccc2)CC1. The third-order valence-electron chi connectivity index (χ3n) is 5.36. The smallest absolute Gasteiger partial charge is 0.284 e. The molecule has 0 amide bonds. The summed E-state index contributed by atoms with van der Waals surface area (Å²) >= 11 is 0. The van der Waals surface area contributed by atoms with Gasteiger partial charge in [0.1, 0.15) is 11.6 Å². The largest absolute Gasteiger partial charge is 0.492 e. The molecule has 0 atom stereocenters. The van der Waals surface area contributed by atoms with Gasteiger partial charge in [-0.2, -0.15) is 8.42 Å². The predicted molar refractivity (Wildman–Crippen MR) is 128 cm³/mol. The van der Waals surface area contributed by atoms with Gasteiger partial charge in [0.15, 0.2) is 0 Å². The molecule has 0 bridgehead atoms. The first-order valence-corrected chi connectivity index (χ1v) is 12.2. The molecule has 0 radical (unpaired) electrons. The molecule has 0 N–H and O–H groups in total. The molecular weight excluding hydrogens is 422 g/mol. The Morgan fingerprint density at radius 3 is 2.09 bits per heavy atom. The maximum atomic E-state index is 13.0. The number of nitrogens with zero attached hydrogens (tertiary/aromatic N) is 3. The number of amidine groups is 1. The van der Waals surface area contributed by atoms with Crippen LogP contribution in [0.1, 0.15) is 12.5 Å². The van der Waals surface area contributed by atoms with Crippen LogP contribution in [0.25, 0.3) is 0 Å². The van der Waals surface area contributed by atoms with Gasteiger partial charge in [0.25, 0.3) is 10.0 Å². The Kier molecular flexibility index (Phi) is 6.75. The number of para-hydroxylation sites is 2. The molecule has 1 aliphatic heterocycles. The van der Waals surface area contributed by atoms with Gasteiger partial charge in [-0.05, 0) is 31.2 Å². The highest BCUT2D eigenvalue weighted by molar-refractivity contribution is 7.90. The van der Waals surface area contributed by atoms with Crippen molar-refractivity contribution in [1.82, 2.24) is 4.90 Å². The molecule has 6 nitrogen and oxygen atoms in total. The zero-order chi connectivity index (χ0) is 22.4. The molecule has 3 aromatic carbocycles. The maximum absolute atomic E-state index is 13.0. The van der Waals surface area contributed by atoms with E-state index in [2.05, 4.69) is 20.3 Å². The van der Waals surface area contributed by atoms with Gasteiger partial charge in [-0.1, -0.05) is 60.7 Å².